The van der Waals surface area contributed by atoms with Gasteiger partial charge < -0.3 is 14.8 Å². The van der Waals surface area contributed by atoms with E-state index in [9.17, 15) is 13.2 Å². The summed E-state index contributed by atoms with van der Waals surface area (Å²) in [7, 11) is 2.85. The molecule has 0 aliphatic carbocycles. The average Bonchev–Trinajstić information content (AvgIpc) is 2.37. The van der Waals surface area contributed by atoms with Gasteiger partial charge in [-0.05, 0) is 24.6 Å². The highest BCUT2D eigenvalue weighted by Crippen LogP contribution is 2.37. The third kappa shape index (κ3) is 4.31. The van der Waals surface area contributed by atoms with E-state index in [2.05, 4.69) is 5.32 Å². The van der Waals surface area contributed by atoms with Crippen LogP contribution in [0.15, 0.2) is 18.2 Å². The van der Waals surface area contributed by atoms with Crippen molar-refractivity contribution >= 4 is 5.69 Å². The lowest BCUT2D eigenvalue weighted by Crippen LogP contribution is -2.25. The van der Waals surface area contributed by atoms with Gasteiger partial charge in [0, 0.05) is 18.8 Å². The molecule has 0 saturated carbocycles. The Morgan fingerprint density at radius 1 is 1.26 bits per heavy atom. The van der Waals surface area contributed by atoms with Gasteiger partial charge in [-0.25, -0.2) is 0 Å². The molecule has 1 atom stereocenters. The number of rotatable bonds is 6. The van der Waals surface area contributed by atoms with Crippen LogP contribution in [0.25, 0.3) is 0 Å². The van der Waals surface area contributed by atoms with Crippen molar-refractivity contribution in [3.05, 3.63) is 23.8 Å². The van der Waals surface area contributed by atoms with E-state index in [4.69, 9.17) is 9.47 Å². The first-order valence-corrected chi connectivity index (χ1v) is 5.93. The van der Waals surface area contributed by atoms with Crippen LogP contribution in [0.3, 0.4) is 0 Å². The number of hydrogen-bond donors (Lipinski definition) is 1. The van der Waals surface area contributed by atoms with Gasteiger partial charge in [0.15, 0.2) is 0 Å². The number of benzene rings is 1. The second-order valence-electron chi connectivity index (χ2n) is 4.11. The smallest absolute Gasteiger partial charge is 0.418 e. The Morgan fingerprint density at radius 3 is 2.42 bits per heavy atom. The van der Waals surface area contributed by atoms with Crippen molar-refractivity contribution in [3.8, 4) is 5.75 Å². The summed E-state index contributed by atoms with van der Waals surface area (Å²) in [4.78, 5) is 0. The Balaban J connectivity index is 3.05. The Kier molecular flexibility index (Phi) is 5.47. The molecule has 1 unspecified atom stereocenters. The quantitative estimate of drug-likeness (QED) is 0.862. The lowest BCUT2D eigenvalue weighted by atomic mass is 10.1. The summed E-state index contributed by atoms with van der Waals surface area (Å²) < 4.78 is 48.7. The summed E-state index contributed by atoms with van der Waals surface area (Å²) in [5, 5.41) is 2.86. The van der Waals surface area contributed by atoms with E-state index in [0.717, 1.165) is 6.07 Å². The lowest BCUT2D eigenvalue weighted by Gasteiger charge is -2.21. The van der Waals surface area contributed by atoms with Crippen LogP contribution in [0, 0.1) is 0 Å². The molecule has 0 aliphatic heterocycles. The monoisotopic (exact) mass is 277 g/mol. The maximum atomic E-state index is 13.0. The highest BCUT2D eigenvalue weighted by Gasteiger charge is 2.34. The summed E-state index contributed by atoms with van der Waals surface area (Å²) in [5.41, 5.74) is -0.696. The van der Waals surface area contributed by atoms with Gasteiger partial charge in [0.25, 0.3) is 0 Å². The van der Waals surface area contributed by atoms with E-state index in [-0.39, 0.29) is 17.5 Å². The van der Waals surface area contributed by atoms with Gasteiger partial charge in [0.05, 0.1) is 19.3 Å². The van der Waals surface area contributed by atoms with Crippen LogP contribution in [0.4, 0.5) is 18.9 Å². The molecule has 1 aromatic carbocycles. The molecule has 0 aromatic heterocycles. The predicted molar refractivity (Wildman–Crippen MR) is 67.6 cm³/mol. The van der Waals surface area contributed by atoms with Crippen molar-refractivity contribution in [1.82, 2.24) is 0 Å². The number of ether oxygens (including phenoxy) is 2. The van der Waals surface area contributed by atoms with Crippen molar-refractivity contribution in [2.24, 2.45) is 0 Å². The number of anilines is 1. The minimum absolute atomic E-state index is 0.0391. The number of nitrogens with one attached hydrogen (secondary N) is 1. The molecule has 0 saturated heterocycles. The molecule has 0 radical (unpaired) electrons. The van der Waals surface area contributed by atoms with Gasteiger partial charge in [0.2, 0.25) is 0 Å². The Labute approximate surface area is 110 Å². The van der Waals surface area contributed by atoms with Crippen LogP contribution in [0.1, 0.15) is 18.9 Å². The number of alkyl halides is 3. The molecular formula is C13H18F3NO2. The van der Waals surface area contributed by atoms with Gasteiger partial charge in [-0.3, -0.25) is 0 Å². The van der Waals surface area contributed by atoms with Gasteiger partial charge in [0.1, 0.15) is 5.75 Å². The van der Waals surface area contributed by atoms with Crippen molar-refractivity contribution in [2.75, 3.05) is 26.1 Å². The van der Waals surface area contributed by atoms with E-state index in [1.165, 1.54) is 26.4 Å². The lowest BCUT2D eigenvalue weighted by molar-refractivity contribution is -0.137. The minimum Gasteiger partial charge on any atom is -0.497 e. The first-order valence-electron chi connectivity index (χ1n) is 5.93. The van der Waals surface area contributed by atoms with Crippen molar-refractivity contribution in [3.63, 3.8) is 0 Å². The van der Waals surface area contributed by atoms with Crippen LogP contribution in [0.2, 0.25) is 0 Å². The number of halogens is 3. The normalized spacial score (nSPS) is 13.2. The summed E-state index contributed by atoms with van der Waals surface area (Å²) in [6.07, 6.45) is -3.76. The molecule has 0 bridgehead atoms. The number of methoxy groups -OCH3 is 2. The SMILES string of the molecule is CCC(COC)Nc1ccc(OC)cc1C(F)(F)F. The molecule has 0 amide bonds. The zero-order valence-electron chi connectivity index (χ0n) is 11.2. The fourth-order valence-corrected chi connectivity index (χ4v) is 1.69. The van der Waals surface area contributed by atoms with E-state index in [0.29, 0.717) is 13.0 Å². The Morgan fingerprint density at radius 2 is 1.95 bits per heavy atom. The highest BCUT2D eigenvalue weighted by molar-refractivity contribution is 5.56. The van der Waals surface area contributed by atoms with Gasteiger partial charge in [-0.1, -0.05) is 6.92 Å². The maximum absolute atomic E-state index is 13.0. The standard InChI is InChI=1S/C13H18F3NO2/c1-4-9(8-18-2)17-12-6-5-10(19-3)7-11(12)13(14,15)16/h5-7,9,17H,4,8H2,1-3H3. The molecule has 1 rings (SSSR count). The van der Waals surface area contributed by atoms with E-state index in [1.54, 1.807) is 0 Å². The van der Waals surface area contributed by atoms with Gasteiger partial charge >= 0.3 is 6.18 Å². The first-order chi connectivity index (χ1) is 8.92. The summed E-state index contributed by atoms with van der Waals surface area (Å²) in [6.45, 7) is 2.23. The van der Waals surface area contributed by atoms with Crippen molar-refractivity contribution in [2.45, 2.75) is 25.6 Å². The van der Waals surface area contributed by atoms with Crippen LogP contribution in [0.5, 0.6) is 5.75 Å². The third-order valence-electron chi connectivity index (χ3n) is 2.75. The first kappa shape index (κ1) is 15.6. The average molecular weight is 277 g/mol. The van der Waals surface area contributed by atoms with Gasteiger partial charge in [-0.2, -0.15) is 13.2 Å². The molecule has 1 aromatic rings. The molecule has 6 heteroatoms. The Hall–Kier alpha value is -1.43. The molecular weight excluding hydrogens is 259 g/mol. The van der Waals surface area contributed by atoms with Crippen molar-refractivity contribution in [1.29, 1.82) is 0 Å². The fraction of sp³-hybridized carbons (Fsp3) is 0.538. The van der Waals surface area contributed by atoms with Gasteiger partial charge in [-0.15, -0.1) is 0 Å². The molecule has 3 nitrogen and oxygen atoms in total. The molecule has 0 heterocycles. The zero-order valence-corrected chi connectivity index (χ0v) is 11.2. The van der Waals surface area contributed by atoms with Crippen molar-refractivity contribution < 1.29 is 22.6 Å². The number of hydrogen-bond acceptors (Lipinski definition) is 3. The largest absolute Gasteiger partial charge is 0.497 e. The Bertz CT molecular complexity index is 407. The van der Waals surface area contributed by atoms with Crippen LogP contribution in [-0.4, -0.2) is 26.9 Å². The molecule has 0 fully saturated rings. The van der Waals surface area contributed by atoms with Crippen LogP contribution in [-0.2, 0) is 10.9 Å². The second kappa shape index (κ2) is 6.65. The predicted octanol–water partition coefficient (Wildman–Crippen LogP) is 3.55. The molecule has 0 spiro atoms. The van der Waals surface area contributed by atoms with Crippen LogP contribution >= 0.6 is 0 Å². The summed E-state index contributed by atoms with van der Waals surface area (Å²) in [6, 6.07) is 3.69. The molecule has 108 valence electrons. The minimum atomic E-state index is -4.43. The third-order valence-corrected chi connectivity index (χ3v) is 2.75. The maximum Gasteiger partial charge on any atom is 0.418 e. The molecule has 1 N–H and O–H groups in total. The van der Waals surface area contributed by atoms with E-state index < -0.39 is 11.7 Å². The summed E-state index contributed by atoms with van der Waals surface area (Å²) >= 11 is 0. The summed E-state index contributed by atoms with van der Waals surface area (Å²) in [5.74, 6) is 0.178. The van der Waals surface area contributed by atoms with E-state index >= 15 is 0 Å². The van der Waals surface area contributed by atoms with E-state index in [1.807, 2.05) is 6.92 Å². The molecule has 19 heavy (non-hydrogen) atoms. The zero-order chi connectivity index (χ0) is 14.5. The van der Waals surface area contributed by atoms with Crippen LogP contribution < -0.4 is 10.1 Å². The molecule has 0 aliphatic rings. The fourth-order valence-electron chi connectivity index (χ4n) is 1.69. The highest BCUT2D eigenvalue weighted by atomic mass is 19.4. The second-order valence-corrected chi connectivity index (χ2v) is 4.11. The topological polar surface area (TPSA) is 30.5 Å².